The third-order valence-electron chi connectivity index (χ3n) is 3.75. The average Bonchev–Trinajstić information content (AvgIpc) is 2.55. The second-order valence-electron chi connectivity index (χ2n) is 6.88. The summed E-state index contributed by atoms with van der Waals surface area (Å²) in [5.74, 6) is 0.457. The summed E-state index contributed by atoms with van der Waals surface area (Å²) in [5.41, 5.74) is 0. The summed E-state index contributed by atoms with van der Waals surface area (Å²) < 4.78 is 16.1. The van der Waals surface area contributed by atoms with Crippen LogP contribution in [0.4, 0.5) is 0 Å². The lowest BCUT2D eigenvalue weighted by Crippen LogP contribution is -2.10. The topological polar surface area (TPSA) is 44.8 Å². The Hall–Kier alpha value is -0.610. The lowest BCUT2D eigenvalue weighted by atomic mass is 10.1. The highest BCUT2D eigenvalue weighted by Gasteiger charge is 2.02. The molecule has 0 atom stereocenters. The van der Waals surface area contributed by atoms with Crippen LogP contribution in [0.15, 0.2) is 0 Å². The fourth-order valence-electron chi connectivity index (χ4n) is 2.35. The molecule has 0 aromatic heterocycles. The molecule has 0 spiro atoms. The Labute approximate surface area is 149 Å². The maximum atomic E-state index is 11.6. The van der Waals surface area contributed by atoms with E-state index in [0.717, 1.165) is 19.4 Å². The van der Waals surface area contributed by atoms with Crippen LogP contribution in [0.2, 0.25) is 0 Å². The number of unbranched alkanes of at least 4 members (excludes halogenated alkanes) is 7. The highest BCUT2D eigenvalue weighted by atomic mass is 16.5. The summed E-state index contributed by atoms with van der Waals surface area (Å²) in [6, 6.07) is 0. The van der Waals surface area contributed by atoms with Gasteiger partial charge in [0.05, 0.1) is 19.8 Å². The van der Waals surface area contributed by atoms with E-state index in [9.17, 15) is 4.79 Å². The maximum Gasteiger partial charge on any atom is 0.305 e. The first kappa shape index (κ1) is 23.4. The van der Waals surface area contributed by atoms with Gasteiger partial charge in [-0.25, -0.2) is 0 Å². The fourth-order valence-corrected chi connectivity index (χ4v) is 2.35. The molecule has 0 aliphatic rings. The summed E-state index contributed by atoms with van der Waals surface area (Å²) in [4.78, 5) is 11.6. The van der Waals surface area contributed by atoms with E-state index in [1.165, 1.54) is 44.9 Å². The second kappa shape index (κ2) is 18.7. The molecule has 0 heterocycles. The molecule has 0 unspecified atom stereocenters. The van der Waals surface area contributed by atoms with Gasteiger partial charge in [-0.15, -0.1) is 0 Å². The molecule has 0 fully saturated rings. The molecular formula is C20H40O4. The lowest BCUT2D eigenvalue weighted by Gasteiger charge is -2.08. The summed E-state index contributed by atoms with van der Waals surface area (Å²) >= 11 is 0. The molecule has 0 aliphatic carbocycles. The van der Waals surface area contributed by atoms with Crippen LogP contribution in [0.5, 0.6) is 0 Å². The van der Waals surface area contributed by atoms with Crippen molar-refractivity contribution in [3.63, 3.8) is 0 Å². The molecule has 0 amide bonds. The largest absolute Gasteiger partial charge is 0.466 e. The standard InChI is InChI=1S/C20H40O4/c1-4-5-6-7-8-9-10-11-15-24-20(21)13-12-14-22-16-17-23-18-19(2)3/h19H,4-18H2,1-3H3. The molecule has 0 N–H and O–H groups in total. The van der Waals surface area contributed by atoms with Crippen molar-refractivity contribution in [1.29, 1.82) is 0 Å². The van der Waals surface area contributed by atoms with Crippen LogP contribution in [0.1, 0.15) is 85.0 Å². The lowest BCUT2D eigenvalue weighted by molar-refractivity contribution is -0.144. The van der Waals surface area contributed by atoms with E-state index in [1.807, 2.05) is 0 Å². The van der Waals surface area contributed by atoms with Gasteiger partial charge >= 0.3 is 5.97 Å². The number of rotatable bonds is 18. The molecule has 0 aromatic carbocycles. The Morgan fingerprint density at radius 3 is 2.04 bits per heavy atom. The highest BCUT2D eigenvalue weighted by Crippen LogP contribution is 2.08. The summed E-state index contributed by atoms with van der Waals surface area (Å²) in [7, 11) is 0. The Morgan fingerprint density at radius 2 is 1.38 bits per heavy atom. The highest BCUT2D eigenvalue weighted by molar-refractivity contribution is 5.69. The monoisotopic (exact) mass is 344 g/mol. The van der Waals surface area contributed by atoms with Gasteiger partial charge in [0.2, 0.25) is 0 Å². The van der Waals surface area contributed by atoms with Crippen molar-refractivity contribution in [1.82, 2.24) is 0 Å². The minimum Gasteiger partial charge on any atom is -0.466 e. The van der Waals surface area contributed by atoms with E-state index >= 15 is 0 Å². The molecule has 0 bridgehead atoms. The Morgan fingerprint density at radius 1 is 0.750 bits per heavy atom. The fraction of sp³-hybridized carbons (Fsp3) is 0.950. The van der Waals surface area contributed by atoms with Gasteiger partial charge in [0.1, 0.15) is 0 Å². The maximum absolute atomic E-state index is 11.6. The summed E-state index contributed by atoms with van der Waals surface area (Å²) in [6.45, 7) is 9.65. The van der Waals surface area contributed by atoms with Gasteiger partial charge in [-0.1, -0.05) is 65.7 Å². The predicted molar refractivity (Wildman–Crippen MR) is 99.3 cm³/mol. The van der Waals surface area contributed by atoms with Crippen molar-refractivity contribution in [2.75, 3.05) is 33.0 Å². The average molecular weight is 345 g/mol. The van der Waals surface area contributed by atoms with E-state index in [1.54, 1.807) is 0 Å². The Kier molecular flexibility index (Phi) is 18.2. The zero-order valence-electron chi connectivity index (χ0n) is 16.3. The zero-order chi connectivity index (χ0) is 17.9. The van der Waals surface area contributed by atoms with Crippen LogP contribution < -0.4 is 0 Å². The number of hydrogen-bond acceptors (Lipinski definition) is 4. The first-order valence-corrected chi connectivity index (χ1v) is 9.98. The van der Waals surface area contributed by atoms with Gasteiger partial charge < -0.3 is 14.2 Å². The first-order chi connectivity index (χ1) is 11.7. The third kappa shape index (κ3) is 19.4. The van der Waals surface area contributed by atoms with Crippen molar-refractivity contribution < 1.29 is 19.0 Å². The third-order valence-corrected chi connectivity index (χ3v) is 3.75. The van der Waals surface area contributed by atoms with E-state index in [2.05, 4.69) is 20.8 Å². The molecule has 4 nitrogen and oxygen atoms in total. The van der Waals surface area contributed by atoms with Gasteiger partial charge in [-0.3, -0.25) is 4.79 Å². The van der Waals surface area contributed by atoms with E-state index < -0.39 is 0 Å². The smallest absolute Gasteiger partial charge is 0.305 e. The Balaban J connectivity index is 3.16. The van der Waals surface area contributed by atoms with Crippen LogP contribution in [-0.4, -0.2) is 39.0 Å². The van der Waals surface area contributed by atoms with E-state index in [4.69, 9.17) is 14.2 Å². The van der Waals surface area contributed by atoms with E-state index in [-0.39, 0.29) is 5.97 Å². The molecule has 4 heteroatoms. The van der Waals surface area contributed by atoms with Gasteiger partial charge in [0.15, 0.2) is 0 Å². The minimum atomic E-state index is -0.0994. The first-order valence-electron chi connectivity index (χ1n) is 9.98. The number of esters is 1. The SMILES string of the molecule is CCCCCCCCCCOC(=O)CCCOCCOCC(C)C. The van der Waals surface area contributed by atoms with Gasteiger partial charge in [-0.2, -0.15) is 0 Å². The minimum absolute atomic E-state index is 0.0994. The normalized spacial score (nSPS) is 11.2. The van der Waals surface area contributed by atoms with Crippen molar-refractivity contribution in [2.45, 2.75) is 85.0 Å². The summed E-state index contributed by atoms with van der Waals surface area (Å²) in [5, 5.41) is 0. The summed E-state index contributed by atoms with van der Waals surface area (Å²) in [6.07, 6.45) is 11.2. The van der Waals surface area contributed by atoms with Gasteiger partial charge in [-0.05, 0) is 18.8 Å². The molecule has 0 saturated heterocycles. The number of carbonyl (C=O) groups excluding carboxylic acids is 1. The van der Waals surface area contributed by atoms with Crippen molar-refractivity contribution in [3.8, 4) is 0 Å². The molecule has 24 heavy (non-hydrogen) atoms. The van der Waals surface area contributed by atoms with Crippen LogP contribution in [-0.2, 0) is 19.0 Å². The van der Waals surface area contributed by atoms with Crippen molar-refractivity contribution in [2.24, 2.45) is 5.92 Å². The zero-order valence-corrected chi connectivity index (χ0v) is 16.3. The number of ether oxygens (including phenoxy) is 3. The number of carbonyl (C=O) groups is 1. The molecule has 0 rings (SSSR count). The van der Waals surface area contributed by atoms with Crippen LogP contribution in [0.3, 0.4) is 0 Å². The van der Waals surface area contributed by atoms with Crippen LogP contribution in [0.25, 0.3) is 0 Å². The Bertz CT molecular complexity index is 266. The van der Waals surface area contributed by atoms with Gasteiger partial charge in [0.25, 0.3) is 0 Å². The van der Waals surface area contributed by atoms with Gasteiger partial charge in [0, 0.05) is 19.6 Å². The van der Waals surface area contributed by atoms with Crippen LogP contribution >= 0.6 is 0 Å². The molecular weight excluding hydrogens is 304 g/mol. The molecule has 0 saturated carbocycles. The second-order valence-corrected chi connectivity index (χ2v) is 6.88. The molecule has 0 radical (unpaired) electrons. The van der Waals surface area contributed by atoms with Crippen molar-refractivity contribution in [3.05, 3.63) is 0 Å². The quantitative estimate of drug-likeness (QED) is 0.255. The van der Waals surface area contributed by atoms with E-state index in [0.29, 0.717) is 38.8 Å². The molecule has 0 aromatic rings. The van der Waals surface area contributed by atoms with Crippen LogP contribution in [0, 0.1) is 5.92 Å². The molecule has 144 valence electrons. The van der Waals surface area contributed by atoms with Crippen molar-refractivity contribution >= 4 is 5.97 Å². The predicted octanol–water partition coefficient (Wildman–Crippen LogP) is 5.14. The number of hydrogen-bond donors (Lipinski definition) is 0. The molecule has 0 aliphatic heterocycles.